The molecule has 1 aromatic heterocycles. The van der Waals surface area contributed by atoms with E-state index >= 15 is 0 Å². The third-order valence-corrected chi connectivity index (χ3v) is 3.45. The zero-order valence-corrected chi connectivity index (χ0v) is 12.6. The number of nitrogen functional groups attached to an aromatic ring is 1. The lowest BCUT2D eigenvalue weighted by molar-refractivity contribution is 0.102. The molecule has 2 rings (SSSR count). The van der Waals surface area contributed by atoms with E-state index < -0.39 is 5.56 Å². The molecule has 6 heteroatoms. The van der Waals surface area contributed by atoms with Crippen molar-refractivity contribution < 1.29 is 4.79 Å². The molecule has 0 saturated carbocycles. The first kappa shape index (κ1) is 14.5. The van der Waals surface area contributed by atoms with Crippen molar-refractivity contribution in [1.82, 2.24) is 9.78 Å². The lowest BCUT2D eigenvalue weighted by Gasteiger charge is -2.12. The molecule has 0 bridgehead atoms. The van der Waals surface area contributed by atoms with E-state index in [-0.39, 0.29) is 22.4 Å². The number of nitrogens with zero attached hydrogens (tertiary/aromatic N) is 2. The third-order valence-electron chi connectivity index (χ3n) is 2.94. The normalized spacial score (nSPS) is 10.5. The van der Waals surface area contributed by atoms with Gasteiger partial charge in [0.05, 0.1) is 10.9 Å². The molecule has 0 saturated heterocycles. The highest BCUT2D eigenvalue weighted by atomic mass is 79.9. The average molecular weight is 336 g/mol. The number of aryl methyl sites for hydroxylation is 1. The zero-order chi connectivity index (χ0) is 14.7. The number of nitrogens with two attached hydrogens (primary N) is 1. The van der Waals surface area contributed by atoms with Crippen LogP contribution in [0, 0.1) is 0 Å². The van der Waals surface area contributed by atoms with Crippen LogP contribution in [-0.4, -0.2) is 20.9 Å². The lowest BCUT2D eigenvalue weighted by atomic mass is 10.0. The fourth-order valence-corrected chi connectivity index (χ4v) is 2.23. The van der Waals surface area contributed by atoms with Gasteiger partial charge >= 0.3 is 0 Å². The van der Waals surface area contributed by atoms with Crippen molar-refractivity contribution in [3.8, 4) is 11.3 Å². The maximum atomic E-state index is 12.1. The monoisotopic (exact) mass is 335 g/mol. The first-order valence-electron chi connectivity index (χ1n) is 6.15. The van der Waals surface area contributed by atoms with Crippen molar-refractivity contribution in [2.45, 2.75) is 13.5 Å². The number of carbonyl (C=O) groups is 1. The fourth-order valence-electron chi connectivity index (χ4n) is 1.95. The van der Waals surface area contributed by atoms with Crippen LogP contribution in [0.25, 0.3) is 11.3 Å². The topological polar surface area (TPSA) is 78.0 Å². The summed E-state index contributed by atoms with van der Waals surface area (Å²) in [4.78, 5) is 24.1. The summed E-state index contributed by atoms with van der Waals surface area (Å²) in [5.74, 6) is -0.255. The van der Waals surface area contributed by atoms with Gasteiger partial charge in [0.1, 0.15) is 11.4 Å². The molecule has 104 valence electrons. The molecule has 2 N–H and O–H groups in total. The number of rotatable bonds is 4. The standard InChI is InChI=1S/C14H14BrN3O2/c1-2-18-14(20)12(16)11(10(19)8-15)13(17-18)9-6-4-3-5-7-9/h3-7H,2,8,16H2,1H3. The fraction of sp³-hybridized carbons (Fsp3) is 0.214. The molecule has 1 aromatic carbocycles. The number of hydrogen-bond donors (Lipinski definition) is 1. The smallest absolute Gasteiger partial charge is 0.290 e. The third kappa shape index (κ3) is 2.51. The molecule has 0 aliphatic carbocycles. The van der Waals surface area contributed by atoms with E-state index in [0.29, 0.717) is 12.2 Å². The van der Waals surface area contributed by atoms with Crippen LogP contribution in [0.3, 0.4) is 0 Å². The van der Waals surface area contributed by atoms with Gasteiger partial charge in [0.2, 0.25) is 0 Å². The molecule has 1 heterocycles. The van der Waals surface area contributed by atoms with Crippen molar-refractivity contribution in [3.63, 3.8) is 0 Å². The van der Waals surface area contributed by atoms with Crippen molar-refractivity contribution in [2.24, 2.45) is 0 Å². The predicted octanol–water partition coefficient (Wildman–Crippen LogP) is 2.09. The number of ketones is 1. The first-order chi connectivity index (χ1) is 9.60. The number of aromatic nitrogens is 2. The van der Waals surface area contributed by atoms with Gasteiger partial charge in [0.15, 0.2) is 5.78 Å². The Kier molecular flexibility index (Phi) is 4.34. The van der Waals surface area contributed by atoms with E-state index in [0.717, 1.165) is 5.56 Å². The Morgan fingerprint density at radius 2 is 2.00 bits per heavy atom. The lowest BCUT2D eigenvalue weighted by Crippen LogP contribution is -2.29. The van der Waals surface area contributed by atoms with Gasteiger partial charge in [0.25, 0.3) is 5.56 Å². The quantitative estimate of drug-likeness (QED) is 0.685. The van der Waals surface area contributed by atoms with Gasteiger partial charge in [0, 0.05) is 12.1 Å². The van der Waals surface area contributed by atoms with Gasteiger partial charge in [-0.1, -0.05) is 46.3 Å². The van der Waals surface area contributed by atoms with Crippen LogP contribution in [-0.2, 0) is 6.54 Å². The predicted molar refractivity (Wildman–Crippen MR) is 82.1 cm³/mol. The molecular formula is C14H14BrN3O2. The van der Waals surface area contributed by atoms with Crippen molar-refractivity contribution in [2.75, 3.05) is 11.1 Å². The van der Waals surface area contributed by atoms with Gasteiger partial charge in [-0.05, 0) is 6.92 Å². The van der Waals surface area contributed by atoms with Crippen LogP contribution in [0.1, 0.15) is 17.3 Å². The molecule has 0 unspecified atom stereocenters. The van der Waals surface area contributed by atoms with Crippen LogP contribution in [0.4, 0.5) is 5.69 Å². The van der Waals surface area contributed by atoms with Gasteiger partial charge in [-0.15, -0.1) is 0 Å². The average Bonchev–Trinajstić information content (AvgIpc) is 2.49. The van der Waals surface area contributed by atoms with Crippen LogP contribution < -0.4 is 11.3 Å². The maximum Gasteiger partial charge on any atom is 0.290 e. The summed E-state index contributed by atoms with van der Waals surface area (Å²) in [6.07, 6.45) is 0. The van der Waals surface area contributed by atoms with E-state index in [1.807, 2.05) is 30.3 Å². The van der Waals surface area contributed by atoms with Gasteiger partial charge in [-0.25, -0.2) is 4.68 Å². The Labute approximate surface area is 124 Å². The summed E-state index contributed by atoms with van der Waals surface area (Å²) in [7, 11) is 0. The van der Waals surface area contributed by atoms with Gasteiger partial charge in [-0.2, -0.15) is 5.10 Å². The summed E-state index contributed by atoms with van der Waals surface area (Å²) in [5, 5.41) is 4.36. The highest BCUT2D eigenvalue weighted by molar-refractivity contribution is 9.09. The Bertz CT molecular complexity index is 696. The summed E-state index contributed by atoms with van der Waals surface area (Å²) >= 11 is 3.11. The summed E-state index contributed by atoms with van der Waals surface area (Å²) < 4.78 is 1.27. The number of carbonyl (C=O) groups excluding carboxylic acids is 1. The molecule has 20 heavy (non-hydrogen) atoms. The Morgan fingerprint density at radius 1 is 1.35 bits per heavy atom. The Hall–Kier alpha value is -1.95. The SMILES string of the molecule is CCn1nc(-c2ccccc2)c(C(=O)CBr)c(N)c1=O. The molecule has 5 nitrogen and oxygen atoms in total. The summed E-state index contributed by atoms with van der Waals surface area (Å²) in [5.41, 5.74) is 6.75. The number of benzene rings is 1. The van der Waals surface area contributed by atoms with E-state index in [1.165, 1.54) is 4.68 Å². The minimum Gasteiger partial charge on any atom is -0.394 e. The second kappa shape index (κ2) is 6.00. The molecule has 2 aromatic rings. The van der Waals surface area contributed by atoms with E-state index in [4.69, 9.17) is 5.73 Å². The highest BCUT2D eigenvalue weighted by Gasteiger charge is 2.21. The number of hydrogen-bond acceptors (Lipinski definition) is 4. The number of halogens is 1. The van der Waals surface area contributed by atoms with E-state index in [9.17, 15) is 9.59 Å². The molecule has 0 aliphatic heterocycles. The van der Waals surface area contributed by atoms with Gasteiger partial charge < -0.3 is 5.73 Å². The van der Waals surface area contributed by atoms with Crippen LogP contribution >= 0.6 is 15.9 Å². The van der Waals surface area contributed by atoms with E-state index in [1.54, 1.807) is 6.92 Å². The molecule has 0 amide bonds. The molecule has 0 atom stereocenters. The number of Topliss-reactive ketones (excluding diaryl/α,β-unsaturated/α-hetero) is 1. The van der Waals surface area contributed by atoms with Crippen LogP contribution in [0.15, 0.2) is 35.1 Å². The van der Waals surface area contributed by atoms with Crippen LogP contribution in [0.2, 0.25) is 0 Å². The van der Waals surface area contributed by atoms with E-state index in [2.05, 4.69) is 21.0 Å². The van der Waals surface area contributed by atoms with Crippen molar-refractivity contribution in [1.29, 1.82) is 0 Å². The molecule has 0 radical (unpaired) electrons. The highest BCUT2D eigenvalue weighted by Crippen LogP contribution is 2.24. The summed E-state index contributed by atoms with van der Waals surface area (Å²) in [6.45, 7) is 2.19. The minimum atomic E-state index is -0.434. The Morgan fingerprint density at radius 3 is 2.55 bits per heavy atom. The summed E-state index contributed by atoms with van der Waals surface area (Å²) in [6, 6.07) is 9.22. The maximum absolute atomic E-state index is 12.1. The number of anilines is 1. The second-order valence-electron chi connectivity index (χ2n) is 4.18. The van der Waals surface area contributed by atoms with Crippen LogP contribution in [0.5, 0.6) is 0 Å². The molecule has 0 aliphatic rings. The van der Waals surface area contributed by atoms with Gasteiger partial charge in [-0.3, -0.25) is 9.59 Å². The largest absolute Gasteiger partial charge is 0.394 e. The van der Waals surface area contributed by atoms with Crippen molar-refractivity contribution in [3.05, 3.63) is 46.2 Å². The minimum absolute atomic E-state index is 0.0508. The molecular weight excluding hydrogens is 322 g/mol. The molecule has 0 fully saturated rings. The number of alkyl halides is 1. The second-order valence-corrected chi connectivity index (χ2v) is 4.74. The zero-order valence-electron chi connectivity index (χ0n) is 11.0. The molecule has 0 spiro atoms. The van der Waals surface area contributed by atoms with Crippen molar-refractivity contribution >= 4 is 27.4 Å². The Balaban J connectivity index is 2.81. The first-order valence-corrected chi connectivity index (χ1v) is 7.27.